The Labute approximate surface area is 155 Å². The lowest BCUT2D eigenvalue weighted by molar-refractivity contribution is 0.410. The number of phenolic OH excluding ortho intramolecular Hbond substituents is 1. The quantitative estimate of drug-likeness (QED) is 0.431. The molecule has 0 spiro atoms. The monoisotopic (exact) mass is 378 g/mol. The highest BCUT2D eigenvalue weighted by atomic mass is 32.2. The summed E-state index contributed by atoms with van der Waals surface area (Å²) < 4.78 is 36.6. The van der Waals surface area contributed by atoms with Gasteiger partial charge in [-0.25, -0.2) is 0 Å². The fourth-order valence-electron chi connectivity index (χ4n) is 2.72. The van der Waals surface area contributed by atoms with Gasteiger partial charge in [-0.2, -0.15) is 8.42 Å². The largest absolute Gasteiger partial charge is 0.504 e. The molecule has 142 valence electrons. The van der Waals surface area contributed by atoms with Crippen molar-refractivity contribution in [3.63, 3.8) is 0 Å². The second-order valence-corrected chi connectivity index (χ2v) is 7.79. The van der Waals surface area contributed by atoms with Crippen LogP contribution >= 0.6 is 0 Å². The Hall–Kier alpha value is -2.05. The van der Waals surface area contributed by atoms with Crippen molar-refractivity contribution in [2.75, 3.05) is 0 Å². The van der Waals surface area contributed by atoms with Gasteiger partial charge in [0.25, 0.3) is 10.1 Å². The molecule has 5 nitrogen and oxygen atoms in total. The fourth-order valence-corrected chi connectivity index (χ4v) is 3.20. The molecule has 26 heavy (non-hydrogen) atoms. The van der Waals surface area contributed by atoms with Crippen LogP contribution in [0.15, 0.2) is 47.4 Å². The van der Waals surface area contributed by atoms with Crippen molar-refractivity contribution in [2.24, 2.45) is 0 Å². The summed E-state index contributed by atoms with van der Waals surface area (Å²) >= 11 is 0. The van der Waals surface area contributed by atoms with Crippen LogP contribution in [-0.4, -0.2) is 18.1 Å². The summed E-state index contributed by atoms with van der Waals surface area (Å²) in [6.07, 6.45) is 8.28. The third-order valence-corrected chi connectivity index (χ3v) is 5.06. The van der Waals surface area contributed by atoms with Crippen LogP contribution in [0.1, 0.15) is 51.0 Å². The van der Waals surface area contributed by atoms with Crippen LogP contribution in [0.3, 0.4) is 0 Å². The minimum atomic E-state index is -4.23. The maximum Gasteiger partial charge on any atom is 0.294 e. The van der Waals surface area contributed by atoms with Crippen molar-refractivity contribution < 1.29 is 22.8 Å². The van der Waals surface area contributed by atoms with Crippen molar-refractivity contribution in [1.29, 1.82) is 0 Å². The van der Waals surface area contributed by atoms with E-state index in [1.54, 1.807) is 12.1 Å². The molecular formula is C20H26O5S. The number of unbranched alkanes of at least 4 members (excludes halogenated alkanes) is 5. The van der Waals surface area contributed by atoms with E-state index in [0.29, 0.717) is 11.5 Å². The summed E-state index contributed by atoms with van der Waals surface area (Å²) in [5.41, 5.74) is 1.06. The number of hydrogen-bond donors (Lipinski definition) is 2. The summed E-state index contributed by atoms with van der Waals surface area (Å²) in [5.74, 6) is 0.722. The number of ether oxygens (including phenoxy) is 1. The summed E-state index contributed by atoms with van der Waals surface area (Å²) in [7, 11) is -4.23. The number of aromatic hydroxyl groups is 1. The predicted octanol–water partition coefficient (Wildman–Crippen LogP) is 5.33. The van der Waals surface area contributed by atoms with E-state index in [1.807, 2.05) is 6.07 Å². The lowest BCUT2D eigenvalue weighted by Gasteiger charge is -2.10. The molecule has 0 aliphatic carbocycles. The first-order valence-corrected chi connectivity index (χ1v) is 10.4. The van der Waals surface area contributed by atoms with Gasteiger partial charge < -0.3 is 9.84 Å². The topological polar surface area (TPSA) is 83.8 Å². The van der Waals surface area contributed by atoms with Crippen LogP contribution in [0, 0.1) is 0 Å². The van der Waals surface area contributed by atoms with Gasteiger partial charge in [0.05, 0.1) is 4.90 Å². The average Bonchev–Trinajstić information content (AvgIpc) is 2.60. The van der Waals surface area contributed by atoms with Crippen LogP contribution in [0.2, 0.25) is 0 Å². The van der Waals surface area contributed by atoms with Gasteiger partial charge in [-0.05, 0) is 54.8 Å². The van der Waals surface area contributed by atoms with Gasteiger partial charge >= 0.3 is 0 Å². The van der Waals surface area contributed by atoms with Gasteiger partial charge in [0.15, 0.2) is 11.5 Å². The van der Waals surface area contributed by atoms with E-state index in [2.05, 4.69) is 6.92 Å². The molecule has 6 heteroatoms. The van der Waals surface area contributed by atoms with Crippen LogP contribution < -0.4 is 4.74 Å². The number of rotatable bonds is 10. The first-order chi connectivity index (χ1) is 12.4. The Kier molecular flexibility index (Phi) is 7.48. The maximum absolute atomic E-state index is 11.0. The fraction of sp³-hybridized carbons (Fsp3) is 0.400. The van der Waals surface area contributed by atoms with Crippen LogP contribution in [0.5, 0.6) is 17.2 Å². The highest BCUT2D eigenvalue weighted by molar-refractivity contribution is 7.85. The van der Waals surface area contributed by atoms with E-state index < -0.39 is 10.1 Å². The Morgan fingerprint density at radius 3 is 2.19 bits per heavy atom. The highest BCUT2D eigenvalue weighted by Crippen LogP contribution is 2.32. The minimum absolute atomic E-state index is 0.0485. The van der Waals surface area contributed by atoms with Crippen LogP contribution in [0.25, 0.3) is 0 Å². The molecule has 0 radical (unpaired) electrons. The Balaban J connectivity index is 1.91. The third-order valence-electron chi connectivity index (χ3n) is 4.19. The molecule has 0 aliphatic heterocycles. The molecule has 2 N–H and O–H groups in total. The Bertz CT molecular complexity index is 797. The first kappa shape index (κ1) is 20.3. The molecular weight excluding hydrogens is 352 g/mol. The molecule has 0 unspecified atom stereocenters. The molecule has 0 atom stereocenters. The van der Waals surface area contributed by atoms with E-state index in [0.717, 1.165) is 18.4 Å². The van der Waals surface area contributed by atoms with E-state index in [1.165, 1.54) is 56.4 Å². The number of benzene rings is 2. The highest BCUT2D eigenvalue weighted by Gasteiger charge is 2.10. The van der Waals surface area contributed by atoms with Crippen molar-refractivity contribution >= 4 is 10.1 Å². The predicted molar refractivity (Wildman–Crippen MR) is 102 cm³/mol. The average molecular weight is 378 g/mol. The molecule has 2 aromatic rings. The van der Waals surface area contributed by atoms with E-state index >= 15 is 0 Å². The second kappa shape index (κ2) is 9.59. The maximum atomic E-state index is 11.0. The standard InChI is InChI=1S/C20H26O5S/c1-2-3-4-5-6-7-8-16-9-14-20(19(21)15-16)25-17-10-12-18(13-11-17)26(22,23)24/h9-15,21H,2-8H2,1H3,(H,22,23,24). The number of aryl methyl sites for hydroxylation is 1. The Morgan fingerprint density at radius 2 is 1.58 bits per heavy atom. The van der Waals surface area contributed by atoms with Crippen molar-refractivity contribution in [2.45, 2.75) is 56.8 Å². The minimum Gasteiger partial charge on any atom is -0.504 e. The van der Waals surface area contributed by atoms with Gasteiger partial charge in [0.2, 0.25) is 0 Å². The zero-order valence-electron chi connectivity index (χ0n) is 15.0. The number of hydrogen-bond acceptors (Lipinski definition) is 4. The van der Waals surface area contributed by atoms with Gasteiger partial charge in [-0.1, -0.05) is 45.1 Å². The van der Waals surface area contributed by atoms with Crippen LogP contribution in [-0.2, 0) is 16.5 Å². The Morgan fingerprint density at radius 1 is 0.923 bits per heavy atom. The second-order valence-electron chi connectivity index (χ2n) is 6.37. The zero-order valence-corrected chi connectivity index (χ0v) is 15.8. The molecule has 0 amide bonds. The smallest absolute Gasteiger partial charge is 0.294 e. The van der Waals surface area contributed by atoms with Gasteiger partial charge in [-0.15, -0.1) is 0 Å². The molecule has 2 rings (SSSR count). The SMILES string of the molecule is CCCCCCCCc1ccc(Oc2ccc(S(=O)(=O)O)cc2)c(O)c1. The summed E-state index contributed by atoms with van der Waals surface area (Å²) in [6, 6.07) is 10.7. The molecule has 0 bridgehead atoms. The molecule has 0 saturated heterocycles. The normalized spacial score (nSPS) is 11.5. The van der Waals surface area contributed by atoms with Crippen LogP contribution in [0.4, 0.5) is 0 Å². The zero-order chi connectivity index (χ0) is 19.0. The van der Waals surface area contributed by atoms with Gasteiger partial charge in [-0.3, -0.25) is 4.55 Å². The molecule has 0 heterocycles. The summed E-state index contributed by atoms with van der Waals surface area (Å²) in [6.45, 7) is 2.20. The van der Waals surface area contributed by atoms with E-state index in [4.69, 9.17) is 9.29 Å². The number of phenols is 1. The molecule has 0 aliphatic rings. The van der Waals surface area contributed by atoms with Gasteiger partial charge in [0, 0.05) is 0 Å². The molecule has 0 aromatic heterocycles. The van der Waals surface area contributed by atoms with E-state index in [-0.39, 0.29) is 10.6 Å². The molecule has 0 saturated carbocycles. The summed E-state index contributed by atoms with van der Waals surface area (Å²) in [5, 5.41) is 10.1. The molecule has 0 fully saturated rings. The third kappa shape index (κ3) is 6.35. The van der Waals surface area contributed by atoms with E-state index in [9.17, 15) is 13.5 Å². The molecule has 2 aromatic carbocycles. The summed E-state index contributed by atoms with van der Waals surface area (Å²) in [4.78, 5) is -0.205. The first-order valence-electron chi connectivity index (χ1n) is 8.97. The lowest BCUT2D eigenvalue weighted by Crippen LogP contribution is -1.97. The van der Waals surface area contributed by atoms with Crippen molar-refractivity contribution in [3.05, 3.63) is 48.0 Å². The van der Waals surface area contributed by atoms with Crippen molar-refractivity contribution in [1.82, 2.24) is 0 Å². The van der Waals surface area contributed by atoms with Crippen molar-refractivity contribution in [3.8, 4) is 17.2 Å². The lowest BCUT2D eigenvalue weighted by atomic mass is 10.0. The van der Waals surface area contributed by atoms with Gasteiger partial charge in [0.1, 0.15) is 5.75 Å².